The zero-order valence-electron chi connectivity index (χ0n) is 13.2. The number of benzene rings is 2. The Hall–Kier alpha value is -2.33. The van der Waals surface area contributed by atoms with Gasteiger partial charge >= 0.3 is 0 Å². The van der Waals surface area contributed by atoms with Gasteiger partial charge < -0.3 is 9.84 Å². The first-order valence-corrected chi connectivity index (χ1v) is 7.73. The lowest BCUT2D eigenvalue weighted by Crippen LogP contribution is -2.14. The van der Waals surface area contributed by atoms with Gasteiger partial charge in [-0.15, -0.1) is 0 Å². The Morgan fingerprint density at radius 2 is 1.96 bits per heavy atom. The summed E-state index contributed by atoms with van der Waals surface area (Å²) in [6, 6.07) is 9.46. The van der Waals surface area contributed by atoms with Gasteiger partial charge in [0.05, 0.1) is 6.42 Å². The van der Waals surface area contributed by atoms with Crippen LogP contribution in [-0.2, 0) is 11.2 Å². The summed E-state index contributed by atoms with van der Waals surface area (Å²) in [5.74, 6) is -0.153. The molecule has 0 aliphatic carbocycles. The van der Waals surface area contributed by atoms with Crippen LogP contribution in [0.15, 0.2) is 34.9 Å². The molecule has 0 unspecified atom stereocenters. The smallest absolute Gasteiger partial charge is 0.230 e. The van der Waals surface area contributed by atoms with E-state index in [1.54, 1.807) is 6.07 Å². The Balaban J connectivity index is 1.81. The largest absolute Gasteiger partial charge is 0.356 e. The fourth-order valence-electron chi connectivity index (χ4n) is 2.60. The molecule has 0 fully saturated rings. The highest BCUT2D eigenvalue weighted by Gasteiger charge is 2.14. The number of hydrogen-bond acceptors (Lipinski definition) is 3. The van der Waals surface area contributed by atoms with Crippen LogP contribution in [0, 0.1) is 20.8 Å². The van der Waals surface area contributed by atoms with Crippen LogP contribution in [0.1, 0.15) is 22.4 Å². The Kier molecular flexibility index (Phi) is 4.09. The average molecular weight is 329 g/mol. The van der Waals surface area contributed by atoms with E-state index in [-0.39, 0.29) is 12.3 Å². The van der Waals surface area contributed by atoms with Crippen molar-refractivity contribution in [3.63, 3.8) is 0 Å². The Bertz CT molecular complexity index is 899. The molecule has 4 nitrogen and oxygen atoms in total. The normalized spacial score (nSPS) is 11.0. The zero-order chi connectivity index (χ0) is 16.6. The van der Waals surface area contributed by atoms with Crippen LogP contribution >= 0.6 is 11.6 Å². The first kappa shape index (κ1) is 15.6. The number of amides is 1. The second kappa shape index (κ2) is 6.05. The molecule has 0 aliphatic rings. The van der Waals surface area contributed by atoms with Crippen molar-refractivity contribution in [2.45, 2.75) is 27.2 Å². The lowest BCUT2D eigenvalue weighted by atomic mass is 10.1. The lowest BCUT2D eigenvalue weighted by Gasteiger charge is -2.06. The SMILES string of the molecule is Cc1cc(C)c2onc(CC(=O)Nc3ccc(C)c(Cl)c3)c2c1. The number of carbonyl (C=O) groups excluding carboxylic acids is 1. The average Bonchev–Trinajstić information content (AvgIpc) is 2.86. The topological polar surface area (TPSA) is 55.1 Å². The van der Waals surface area contributed by atoms with Crippen molar-refractivity contribution in [2.24, 2.45) is 0 Å². The van der Waals surface area contributed by atoms with Gasteiger partial charge in [0.1, 0.15) is 5.69 Å². The highest BCUT2D eigenvalue weighted by atomic mass is 35.5. The molecule has 5 heteroatoms. The molecular formula is C18H17ClN2O2. The van der Waals surface area contributed by atoms with Crippen LogP contribution in [-0.4, -0.2) is 11.1 Å². The highest BCUT2D eigenvalue weighted by Crippen LogP contribution is 2.25. The van der Waals surface area contributed by atoms with Gasteiger partial charge in [0.2, 0.25) is 5.91 Å². The molecule has 1 heterocycles. The van der Waals surface area contributed by atoms with E-state index in [0.29, 0.717) is 16.4 Å². The fraction of sp³-hybridized carbons (Fsp3) is 0.222. The standard InChI is InChI=1S/C18H17ClN2O2/c1-10-6-12(3)18-14(7-10)16(21-23-18)9-17(22)20-13-5-4-11(2)15(19)8-13/h4-8H,9H2,1-3H3,(H,20,22). The molecule has 1 amide bonds. The van der Waals surface area contributed by atoms with Crippen molar-refractivity contribution < 1.29 is 9.32 Å². The molecule has 0 saturated carbocycles. The third-order valence-corrected chi connectivity index (χ3v) is 4.17. The molecule has 0 bridgehead atoms. The summed E-state index contributed by atoms with van der Waals surface area (Å²) in [5.41, 5.74) is 5.15. The predicted molar refractivity (Wildman–Crippen MR) is 92.0 cm³/mol. The number of aromatic nitrogens is 1. The molecule has 23 heavy (non-hydrogen) atoms. The van der Waals surface area contributed by atoms with Gasteiger partial charge in [0.25, 0.3) is 0 Å². The number of hydrogen-bond donors (Lipinski definition) is 1. The van der Waals surface area contributed by atoms with E-state index in [9.17, 15) is 4.79 Å². The van der Waals surface area contributed by atoms with Crippen molar-refractivity contribution in [1.29, 1.82) is 0 Å². The van der Waals surface area contributed by atoms with Crippen LogP contribution in [0.5, 0.6) is 0 Å². The summed E-state index contributed by atoms with van der Waals surface area (Å²) in [6.45, 7) is 5.90. The summed E-state index contributed by atoms with van der Waals surface area (Å²) in [7, 11) is 0. The third kappa shape index (κ3) is 3.22. The van der Waals surface area contributed by atoms with E-state index in [1.807, 2.05) is 45.0 Å². The first-order valence-electron chi connectivity index (χ1n) is 7.35. The maximum atomic E-state index is 12.3. The number of rotatable bonds is 3. The van der Waals surface area contributed by atoms with Gasteiger partial charge in [-0.1, -0.05) is 28.9 Å². The van der Waals surface area contributed by atoms with Gasteiger partial charge in [-0.2, -0.15) is 0 Å². The van der Waals surface area contributed by atoms with E-state index in [4.69, 9.17) is 16.1 Å². The van der Waals surface area contributed by atoms with Gasteiger partial charge in [0.15, 0.2) is 5.58 Å². The Labute approximate surface area is 139 Å². The van der Waals surface area contributed by atoms with Crippen molar-refractivity contribution in [2.75, 3.05) is 5.32 Å². The minimum Gasteiger partial charge on any atom is -0.356 e. The van der Waals surface area contributed by atoms with Crippen LogP contribution in [0.25, 0.3) is 11.0 Å². The van der Waals surface area contributed by atoms with Gasteiger partial charge in [-0.3, -0.25) is 4.79 Å². The molecule has 118 valence electrons. The molecule has 0 saturated heterocycles. The van der Waals surface area contributed by atoms with Crippen LogP contribution in [0.3, 0.4) is 0 Å². The van der Waals surface area contributed by atoms with E-state index in [2.05, 4.69) is 10.5 Å². The number of nitrogens with zero attached hydrogens (tertiary/aromatic N) is 1. The minimum absolute atomic E-state index is 0.153. The van der Waals surface area contributed by atoms with Crippen LogP contribution in [0.4, 0.5) is 5.69 Å². The number of anilines is 1. The molecule has 1 N–H and O–H groups in total. The Morgan fingerprint density at radius 3 is 2.70 bits per heavy atom. The maximum Gasteiger partial charge on any atom is 0.230 e. The summed E-state index contributed by atoms with van der Waals surface area (Å²) >= 11 is 6.07. The number of halogens is 1. The molecule has 3 rings (SSSR count). The van der Waals surface area contributed by atoms with Crippen molar-refractivity contribution >= 4 is 34.2 Å². The molecule has 1 aromatic heterocycles. The predicted octanol–water partition coefficient (Wildman–Crippen LogP) is 4.59. The van der Waals surface area contributed by atoms with Crippen LogP contribution in [0.2, 0.25) is 5.02 Å². The van der Waals surface area contributed by atoms with Crippen molar-refractivity contribution in [3.05, 3.63) is 57.7 Å². The third-order valence-electron chi connectivity index (χ3n) is 3.76. The summed E-state index contributed by atoms with van der Waals surface area (Å²) in [5, 5.41) is 8.40. The zero-order valence-corrected chi connectivity index (χ0v) is 14.0. The van der Waals surface area contributed by atoms with Gasteiger partial charge in [-0.05, 0) is 55.7 Å². The Morgan fingerprint density at radius 1 is 1.17 bits per heavy atom. The van der Waals surface area contributed by atoms with Gasteiger partial charge in [-0.25, -0.2) is 0 Å². The molecular weight excluding hydrogens is 312 g/mol. The number of nitrogens with one attached hydrogen (secondary N) is 1. The molecule has 0 atom stereocenters. The minimum atomic E-state index is -0.153. The summed E-state index contributed by atoms with van der Waals surface area (Å²) < 4.78 is 5.37. The molecule has 3 aromatic rings. The van der Waals surface area contributed by atoms with Crippen molar-refractivity contribution in [1.82, 2.24) is 5.16 Å². The van der Waals surface area contributed by atoms with E-state index >= 15 is 0 Å². The first-order chi connectivity index (χ1) is 10.9. The second-order valence-electron chi connectivity index (χ2n) is 5.78. The van der Waals surface area contributed by atoms with E-state index in [1.165, 1.54) is 0 Å². The lowest BCUT2D eigenvalue weighted by molar-refractivity contribution is -0.115. The molecule has 0 aliphatic heterocycles. The number of aryl methyl sites for hydroxylation is 3. The van der Waals surface area contributed by atoms with Crippen LogP contribution < -0.4 is 5.32 Å². The highest BCUT2D eigenvalue weighted by molar-refractivity contribution is 6.31. The monoisotopic (exact) mass is 328 g/mol. The molecule has 0 spiro atoms. The van der Waals surface area contributed by atoms with E-state index < -0.39 is 0 Å². The molecule has 0 radical (unpaired) electrons. The quantitative estimate of drug-likeness (QED) is 0.765. The van der Waals surface area contributed by atoms with Gasteiger partial charge in [0, 0.05) is 16.1 Å². The number of carbonyl (C=O) groups is 1. The maximum absolute atomic E-state index is 12.3. The summed E-state index contributed by atoms with van der Waals surface area (Å²) in [6.07, 6.45) is 0.154. The second-order valence-corrected chi connectivity index (χ2v) is 6.18. The van der Waals surface area contributed by atoms with E-state index in [0.717, 1.165) is 27.7 Å². The fourth-order valence-corrected chi connectivity index (χ4v) is 2.78. The van der Waals surface area contributed by atoms with Crippen molar-refractivity contribution in [3.8, 4) is 0 Å². The molecule has 2 aromatic carbocycles. The summed E-state index contributed by atoms with van der Waals surface area (Å²) in [4.78, 5) is 12.3. The number of fused-ring (bicyclic) bond motifs is 1.